The molecule has 0 bridgehead atoms. The van der Waals surface area contributed by atoms with Crippen molar-refractivity contribution < 1.29 is 13.5 Å². The number of sulfonamides is 1. The quantitative estimate of drug-likeness (QED) is 0.772. The number of nitrogens with one attached hydrogen (secondary N) is 1. The third-order valence-electron chi connectivity index (χ3n) is 2.99. The van der Waals surface area contributed by atoms with Crippen LogP contribution in [0.3, 0.4) is 0 Å². The van der Waals surface area contributed by atoms with Gasteiger partial charge in [-0.05, 0) is 32.4 Å². The molecular weight excluding hydrogens is 288 g/mol. The largest absolute Gasteiger partial charge is 0.389 e. The lowest BCUT2D eigenvalue weighted by molar-refractivity contribution is 0.0601. The Morgan fingerprint density at radius 3 is 2.38 bits per heavy atom. The van der Waals surface area contributed by atoms with Gasteiger partial charge in [0.05, 0.1) is 11.3 Å². The number of aliphatic hydroxyl groups is 1. The van der Waals surface area contributed by atoms with Gasteiger partial charge in [-0.3, -0.25) is 0 Å². The van der Waals surface area contributed by atoms with Gasteiger partial charge < -0.3 is 10.4 Å². The number of rotatable bonds is 8. The first-order valence-electron chi connectivity index (χ1n) is 7.27. The molecule has 0 fully saturated rings. The zero-order valence-corrected chi connectivity index (χ0v) is 14.1. The molecule has 2 N–H and O–H groups in total. The van der Waals surface area contributed by atoms with Crippen LogP contribution < -0.4 is 5.32 Å². The molecule has 0 amide bonds. The normalized spacial score (nSPS) is 12.7. The Morgan fingerprint density at radius 2 is 1.86 bits per heavy atom. The van der Waals surface area contributed by atoms with E-state index in [4.69, 9.17) is 0 Å². The third-order valence-corrected chi connectivity index (χ3v) is 4.97. The molecule has 5 nitrogen and oxygen atoms in total. The summed E-state index contributed by atoms with van der Waals surface area (Å²) < 4.78 is 26.9. The molecule has 0 aromatic heterocycles. The maximum atomic E-state index is 12.8. The van der Waals surface area contributed by atoms with E-state index in [1.165, 1.54) is 4.31 Å². The lowest BCUT2D eigenvalue weighted by Gasteiger charge is -2.28. The minimum absolute atomic E-state index is 0.0634. The predicted octanol–water partition coefficient (Wildman–Crippen LogP) is 2.29. The van der Waals surface area contributed by atoms with Crippen LogP contribution in [0.2, 0.25) is 0 Å². The Balaban J connectivity index is 3.16. The van der Waals surface area contributed by atoms with Crippen molar-refractivity contribution in [3.05, 3.63) is 24.3 Å². The van der Waals surface area contributed by atoms with Crippen molar-refractivity contribution in [2.75, 3.05) is 25.0 Å². The second-order valence-electron chi connectivity index (χ2n) is 5.67. The van der Waals surface area contributed by atoms with Crippen LogP contribution in [0.1, 0.15) is 34.1 Å². The monoisotopic (exact) mass is 314 g/mol. The topological polar surface area (TPSA) is 69.6 Å². The van der Waals surface area contributed by atoms with Crippen molar-refractivity contribution in [2.24, 2.45) is 0 Å². The molecule has 21 heavy (non-hydrogen) atoms. The molecule has 6 heteroatoms. The second-order valence-corrected chi connectivity index (χ2v) is 7.57. The highest BCUT2D eigenvalue weighted by molar-refractivity contribution is 7.89. The molecule has 0 unspecified atom stereocenters. The van der Waals surface area contributed by atoms with Crippen molar-refractivity contribution in [1.29, 1.82) is 0 Å². The van der Waals surface area contributed by atoms with E-state index in [1.807, 2.05) is 13.0 Å². The van der Waals surface area contributed by atoms with E-state index in [0.29, 0.717) is 18.8 Å². The number of anilines is 1. The van der Waals surface area contributed by atoms with Gasteiger partial charge in [0.2, 0.25) is 10.0 Å². The summed E-state index contributed by atoms with van der Waals surface area (Å²) in [5.41, 5.74) is -0.469. The molecule has 0 heterocycles. The van der Waals surface area contributed by atoms with Crippen molar-refractivity contribution in [3.8, 4) is 0 Å². The van der Waals surface area contributed by atoms with Crippen LogP contribution in [0.4, 0.5) is 5.69 Å². The molecule has 1 rings (SSSR count). The molecule has 1 aromatic carbocycles. The summed E-state index contributed by atoms with van der Waals surface area (Å²) >= 11 is 0. The lowest BCUT2D eigenvalue weighted by Crippen LogP contribution is -2.42. The van der Waals surface area contributed by atoms with Crippen molar-refractivity contribution >= 4 is 15.7 Å². The van der Waals surface area contributed by atoms with Crippen LogP contribution >= 0.6 is 0 Å². The summed E-state index contributed by atoms with van der Waals surface area (Å²) in [4.78, 5) is 0.254. The van der Waals surface area contributed by atoms with E-state index < -0.39 is 15.6 Å². The first-order valence-corrected chi connectivity index (χ1v) is 8.71. The number of hydrogen-bond donors (Lipinski definition) is 2. The fourth-order valence-corrected chi connectivity index (χ4v) is 3.81. The van der Waals surface area contributed by atoms with Crippen molar-refractivity contribution in [3.63, 3.8) is 0 Å². The Labute approximate surface area is 128 Å². The summed E-state index contributed by atoms with van der Waals surface area (Å²) in [5.74, 6) is 0. The van der Waals surface area contributed by atoms with Crippen LogP contribution in [0, 0.1) is 0 Å². The minimum Gasteiger partial charge on any atom is -0.389 e. The first kappa shape index (κ1) is 17.9. The van der Waals surface area contributed by atoms with E-state index in [2.05, 4.69) is 5.32 Å². The maximum absolute atomic E-state index is 12.8. The van der Waals surface area contributed by atoms with E-state index in [0.717, 1.165) is 6.42 Å². The number of para-hydroxylation sites is 1. The summed E-state index contributed by atoms with van der Waals surface area (Å²) in [6, 6.07) is 6.88. The van der Waals surface area contributed by atoms with Gasteiger partial charge in [0.25, 0.3) is 0 Å². The minimum atomic E-state index is -3.63. The second kappa shape index (κ2) is 7.24. The average molecular weight is 314 g/mol. The molecule has 0 radical (unpaired) electrons. The number of nitrogens with zero attached hydrogens (tertiary/aromatic N) is 1. The van der Waals surface area contributed by atoms with Crippen LogP contribution in [0.5, 0.6) is 0 Å². The Morgan fingerprint density at radius 1 is 1.24 bits per heavy atom. The summed E-state index contributed by atoms with van der Waals surface area (Å²) in [7, 11) is -3.63. The molecule has 0 aliphatic carbocycles. The standard InChI is InChI=1S/C15H26N2O3S/c1-5-11-16-13-9-7-8-10-14(13)21(19,20)17(6-2)12-15(3,4)18/h7-10,16,18H,5-6,11-12H2,1-4H3. The third kappa shape index (κ3) is 4.98. The van der Waals surface area contributed by atoms with Gasteiger partial charge in [0, 0.05) is 19.6 Å². The van der Waals surface area contributed by atoms with E-state index in [-0.39, 0.29) is 11.4 Å². The highest BCUT2D eigenvalue weighted by Crippen LogP contribution is 2.25. The zero-order valence-electron chi connectivity index (χ0n) is 13.3. The Hall–Kier alpha value is -1.11. The fourth-order valence-electron chi connectivity index (χ4n) is 2.03. The summed E-state index contributed by atoms with van der Waals surface area (Å²) in [6.45, 7) is 8.09. The number of benzene rings is 1. The fraction of sp³-hybridized carbons (Fsp3) is 0.600. The van der Waals surface area contributed by atoms with Crippen LogP contribution in [0.25, 0.3) is 0 Å². The highest BCUT2D eigenvalue weighted by atomic mass is 32.2. The predicted molar refractivity (Wildman–Crippen MR) is 86.0 cm³/mol. The molecule has 0 saturated carbocycles. The smallest absolute Gasteiger partial charge is 0.245 e. The van der Waals surface area contributed by atoms with Crippen molar-refractivity contribution in [1.82, 2.24) is 4.31 Å². The molecular formula is C15H26N2O3S. The maximum Gasteiger partial charge on any atom is 0.245 e. The highest BCUT2D eigenvalue weighted by Gasteiger charge is 2.29. The SMILES string of the molecule is CCCNc1ccccc1S(=O)(=O)N(CC)CC(C)(C)O. The van der Waals surface area contributed by atoms with Crippen LogP contribution in [-0.2, 0) is 10.0 Å². The van der Waals surface area contributed by atoms with Gasteiger partial charge in [0.1, 0.15) is 4.90 Å². The summed E-state index contributed by atoms with van der Waals surface area (Å²) in [6.07, 6.45) is 0.912. The van der Waals surface area contributed by atoms with E-state index >= 15 is 0 Å². The van der Waals surface area contributed by atoms with E-state index in [9.17, 15) is 13.5 Å². The van der Waals surface area contributed by atoms with Gasteiger partial charge in [0.15, 0.2) is 0 Å². The summed E-state index contributed by atoms with van der Waals surface area (Å²) in [5, 5.41) is 13.1. The van der Waals surface area contributed by atoms with Gasteiger partial charge in [-0.2, -0.15) is 4.31 Å². The molecule has 0 spiro atoms. The van der Waals surface area contributed by atoms with Gasteiger partial charge in [-0.15, -0.1) is 0 Å². The molecule has 0 atom stereocenters. The number of likely N-dealkylation sites (N-methyl/N-ethyl adjacent to an activating group) is 1. The molecule has 1 aromatic rings. The lowest BCUT2D eigenvalue weighted by atomic mass is 10.1. The van der Waals surface area contributed by atoms with Crippen LogP contribution in [0.15, 0.2) is 29.2 Å². The number of hydrogen-bond acceptors (Lipinski definition) is 4. The molecule has 120 valence electrons. The van der Waals surface area contributed by atoms with Gasteiger partial charge >= 0.3 is 0 Å². The Kier molecular flexibility index (Phi) is 6.19. The average Bonchev–Trinajstić information content (AvgIpc) is 2.41. The molecule has 0 aliphatic heterocycles. The van der Waals surface area contributed by atoms with Gasteiger partial charge in [-0.25, -0.2) is 8.42 Å². The first-order chi connectivity index (χ1) is 9.72. The molecule has 0 saturated heterocycles. The Bertz CT molecular complexity index is 550. The zero-order chi connectivity index (χ0) is 16.1. The molecule has 0 aliphatic rings. The van der Waals surface area contributed by atoms with Crippen LogP contribution in [-0.4, -0.2) is 43.1 Å². The van der Waals surface area contributed by atoms with E-state index in [1.54, 1.807) is 39.0 Å². The van der Waals surface area contributed by atoms with Gasteiger partial charge in [-0.1, -0.05) is 26.0 Å². The van der Waals surface area contributed by atoms with Crippen molar-refractivity contribution in [2.45, 2.75) is 44.6 Å².